The summed E-state index contributed by atoms with van der Waals surface area (Å²) in [5.74, 6) is 0.612. The Kier molecular flexibility index (Phi) is 5.43. The molecule has 0 aliphatic heterocycles. The summed E-state index contributed by atoms with van der Waals surface area (Å²) in [7, 11) is 0. The zero-order chi connectivity index (χ0) is 16.1. The van der Waals surface area contributed by atoms with Gasteiger partial charge in [0.05, 0.1) is 26.8 Å². The van der Waals surface area contributed by atoms with Gasteiger partial charge < -0.3 is 5.32 Å². The van der Waals surface area contributed by atoms with Crippen molar-refractivity contribution in [2.24, 2.45) is 0 Å². The highest BCUT2D eigenvalue weighted by molar-refractivity contribution is 8.00. The van der Waals surface area contributed by atoms with Gasteiger partial charge in [0.2, 0.25) is 0 Å². The Balaban J connectivity index is 1.57. The first kappa shape index (κ1) is 16.2. The molecule has 0 bridgehead atoms. The zero-order valence-corrected chi connectivity index (χ0v) is 14.9. The normalized spacial score (nSPS) is 10.7. The van der Waals surface area contributed by atoms with Gasteiger partial charge in [0.15, 0.2) is 0 Å². The van der Waals surface area contributed by atoms with Crippen molar-refractivity contribution in [3.63, 3.8) is 0 Å². The monoisotopic (exact) mass is 361 g/mol. The molecular formula is C16H15N3OS3. The Morgan fingerprint density at radius 3 is 2.83 bits per heavy atom. The Morgan fingerprint density at radius 1 is 1.26 bits per heavy atom. The number of hydrogen-bond donors (Lipinski definition) is 1. The van der Waals surface area contributed by atoms with Crippen LogP contribution in [0, 0.1) is 0 Å². The number of carbonyl (C=O) groups excluding carboxylic acids is 1. The van der Waals surface area contributed by atoms with E-state index in [4.69, 9.17) is 0 Å². The van der Waals surface area contributed by atoms with Gasteiger partial charge in [-0.05, 0) is 30.5 Å². The summed E-state index contributed by atoms with van der Waals surface area (Å²) in [5, 5.41) is 7.16. The van der Waals surface area contributed by atoms with Crippen LogP contribution in [0.25, 0.3) is 0 Å². The van der Waals surface area contributed by atoms with Gasteiger partial charge in [0, 0.05) is 11.1 Å². The van der Waals surface area contributed by atoms with Crippen molar-refractivity contribution in [1.29, 1.82) is 0 Å². The molecule has 23 heavy (non-hydrogen) atoms. The van der Waals surface area contributed by atoms with E-state index in [1.54, 1.807) is 29.7 Å². The molecule has 0 radical (unpaired) electrons. The van der Waals surface area contributed by atoms with Crippen molar-refractivity contribution in [3.05, 3.63) is 59.7 Å². The van der Waals surface area contributed by atoms with Gasteiger partial charge >= 0.3 is 0 Å². The molecule has 0 aliphatic carbocycles. The molecule has 2 aromatic heterocycles. The van der Waals surface area contributed by atoms with E-state index in [2.05, 4.69) is 22.5 Å². The van der Waals surface area contributed by atoms with Gasteiger partial charge in [-0.2, -0.15) is 5.10 Å². The topological polar surface area (TPSA) is 46.9 Å². The predicted molar refractivity (Wildman–Crippen MR) is 98.6 cm³/mol. The van der Waals surface area contributed by atoms with E-state index in [1.807, 2.05) is 47.5 Å². The summed E-state index contributed by atoms with van der Waals surface area (Å²) in [6.07, 6.45) is 5.52. The van der Waals surface area contributed by atoms with Crippen molar-refractivity contribution in [1.82, 2.24) is 9.78 Å². The molecule has 1 N–H and O–H groups in total. The van der Waals surface area contributed by atoms with E-state index >= 15 is 0 Å². The lowest BCUT2D eigenvalue weighted by Gasteiger charge is -2.01. The molecule has 0 unspecified atom stereocenters. The number of rotatable bonds is 6. The molecule has 0 fully saturated rings. The van der Waals surface area contributed by atoms with Gasteiger partial charge in [-0.1, -0.05) is 18.2 Å². The third kappa shape index (κ3) is 4.40. The van der Waals surface area contributed by atoms with Crippen molar-refractivity contribution in [2.45, 2.75) is 15.0 Å². The van der Waals surface area contributed by atoms with Crippen LogP contribution in [-0.4, -0.2) is 21.9 Å². The average Bonchev–Trinajstić information content (AvgIpc) is 3.23. The third-order valence-electron chi connectivity index (χ3n) is 3.00. The summed E-state index contributed by atoms with van der Waals surface area (Å²) in [5.41, 5.74) is 0.711. The second-order valence-electron chi connectivity index (χ2n) is 4.63. The van der Waals surface area contributed by atoms with Gasteiger partial charge in [0.25, 0.3) is 5.91 Å². The molecule has 4 nitrogen and oxygen atoms in total. The van der Waals surface area contributed by atoms with Crippen LogP contribution >= 0.6 is 34.9 Å². The highest BCUT2D eigenvalue weighted by Crippen LogP contribution is 2.26. The molecular weight excluding hydrogens is 346 g/mol. The summed E-state index contributed by atoms with van der Waals surface area (Å²) in [6, 6.07) is 14.0. The minimum absolute atomic E-state index is 0.0921. The molecule has 1 amide bonds. The number of hydrogen-bond acceptors (Lipinski definition) is 5. The maximum absolute atomic E-state index is 12.2. The fraction of sp³-hybridized carbons (Fsp3) is 0.125. The predicted octanol–water partition coefficient (Wildman–Crippen LogP) is 4.67. The standard InChI is InChI=1S/C16H15N3OS3/c1-21-15-8-7-14(23-15)16(20)18-12-9-17-19(10-12)11-22-13-5-3-2-4-6-13/h2-10H,11H2,1H3,(H,18,20). The average molecular weight is 362 g/mol. The Bertz CT molecular complexity index is 783. The number of nitrogens with one attached hydrogen (secondary N) is 1. The lowest BCUT2D eigenvalue weighted by Crippen LogP contribution is -2.09. The molecule has 3 aromatic rings. The number of thiophene rings is 1. The molecule has 0 aliphatic rings. The molecule has 3 rings (SSSR count). The SMILES string of the molecule is CSc1ccc(C(=O)Nc2cnn(CSc3ccccc3)c2)s1. The Hall–Kier alpha value is -1.70. The summed E-state index contributed by atoms with van der Waals surface area (Å²) in [4.78, 5) is 14.1. The second kappa shape index (κ2) is 7.72. The van der Waals surface area contributed by atoms with E-state index in [0.717, 1.165) is 4.21 Å². The summed E-state index contributed by atoms with van der Waals surface area (Å²) >= 11 is 4.83. The summed E-state index contributed by atoms with van der Waals surface area (Å²) in [6.45, 7) is 0. The molecule has 0 saturated heterocycles. The number of thioether (sulfide) groups is 2. The first-order chi connectivity index (χ1) is 11.2. The van der Waals surface area contributed by atoms with Crippen LogP contribution in [0.4, 0.5) is 5.69 Å². The van der Waals surface area contributed by atoms with Gasteiger partial charge in [-0.15, -0.1) is 34.9 Å². The van der Waals surface area contributed by atoms with E-state index in [0.29, 0.717) is 16.4 Å². The maximum atomic E-state index is 12.2. The van der Waals surface area contributed by atoms with Gasteiger partial charge in [-0.25, -0.2) is 0 Å². The minimum atomic E-state index is -0.0921. The first-order valence-corrected chi connectivity index (χ1v) is 9.93. The van der Waals surface area contributed by atoms with Crippen molar-refractivity contribution in [2.75, 3.05) is 11.6 Å². The van der Waals surface area contributed by atoms with Crippen LogP contribution in [-0.2, 0) is 5.88 Å². The molecule has 118 valence electrons. The minimum Gasteiger partial charge on any atom is -0.319 e. The molecule has 1 aromatic carbocycles. The van der Waals surface area contributed by atoms with Crippen LogP contribution in [0.3, 0.4) is 0 Å². The van der Waals surface area contributed by atoms with Crippen LogP contribution in [0.15, 0.2) is 64.0 Å². The Morgan fingerprint density at radius 2 is 2.09 bits per heavy atom. The van der Waals surface area contributed by atoms with Gasteiger partial charge in [-0.3, -0.25) is 9.48 Å². The zero-order valence-electron chi connectivity index (χ0n) is 12.4. The molecule has 7 heteroatoms. The van der Waals surface area contributed by atoms with E-state index in [9.17, 15) is 4.79 Å². The van der Waals surface area contributed by atoms with Crippen LogP contribution in [0.5, 0.6) is 0 Å². The quantitative estimate of drug-likeness (QED) is 0.648. The lowest BCUT2D eigenvalue weighted by molar-refractivity contribution is 0.103. The smallest absolute Gasteiger partial charge is 0.265 e. The second-order valence-corrected chi connectivity index (χ2v) is 7.84. The number of carbonyl (C=O) groups is 1. The van der Waals surface area contributed by atoms with E-state index < -0.39 is 0 Å². The Labute approximate surface area is 147 Å². The number of nitrogens with zero attached hydrogens (tertiary/aromatic N) is 2. The highest BCUT2D eigenvalue weighted by Gasteiger charge is 2.10. The van der Waals surface area contributed by atoms with Crippen LogP contribution < -0.4 is 5.32 Å². The molecule has 0 atom stereocenters. The van der Waals surface area contributed by atoms with Crippen molar-refractivity contribution >= 4 is 46.5 Å². The number of amides is 1. The van der Waals surface area contributed by atoms with E-state index in [1.165, 1.54) is 16.2 Å². The maximum Gasteiger partial charge on any atom is 0.265 e. The first-order valence-electron chi connectivity index (χ1n) is 6.90. The fourth-order valence-electron chi connectivity index (χ4n) is 1.90. The van der Waals surface area contributed by atoms with Crippen LogP contribution in [0.2, 0.25) is 0 Å². The fourth-order valence-corrected chi connectivity index (χ4v) is 4.11. The van der Waals surface area contributed by atoms with E-state index in [-0.39, 0.29) is 5.91 Å². The number of anilines is 1. The lowest BCUT2D eigenvalue weighted by atomic mass is 10.4. The van der Waals surface area contributed by atoms with Crippen molar-refractivity contribution in [3.8, 4) is 0 Å². The van der Waals surface area contributed by atoms with Gasteiger partial charge in [0.1, 0.15) is 0 Å². The van der Waals surface area contributed by atoms with Crippen LogP contribution in [0.1, 0.15) is 9.67 Å². The molecule has 0 spiro atoms. The third-order valence-corrected chi connectivity index (χ3v) is 6.17. The summed E-state index contributed by atoms with van der Waals surface area (Å²) < 4.78 is 2.94. The molecule has 0 saturated carbocycles. The molecule has 2 heterocycles. The number of benzene rings is 1. The van der Waals surface area contributed by atoms with Crippen molar-refractivity contribution < 1.29 is 4.79 Å². The number of aromatic nitrogens is 2. The highest BCUT2D eigenvalue weighted by atomic mass is 32.2. The largest absolute Gasteiger partial charge is 0.319 e.